The average Bonchev–Trinajstić information content (AvgIpc) is 2.93. The van der Waals surface area contributed by atoms with Gasteiger partial charge in [-0.3, -0.25) is 0 Å². The fourth-order valence-corrected chi connectivity index (χ4v) is 2.42. The SMILES string of the molecule is COCCNC(=S)Nc1cccc(N2CCCC2)c1. The molecule has 2 N–H and O–H groups in total. The lowest BCUT2D eigenvalue weighted by molar-refractivity contribution is 0.204. The molecule has 1 aromatic carbocycles. The molecule has 19 heavy (non-hydrogen) atoms. The molecule has 0 radical (unpaired) electrons. The van der Waals surface area contributed by atoms with Crippen molar-refractivity contribution in [3.05, 3.63) is 24.3 Å². The lowest BCUT2D eigenvalue weighted by Crippen LogP contribution is -2.31. The van der Waals surface area contributed by atoms with E-state index in [2.05, 4.69) is 33.7 Å². The first kappa shape index (κ1) is 14.1. The Labute approximate surface area is 120 Å². The summed E-state index contributed by atoms with van der Waals surface area (Å²) in [6.45, 7) is 3.67. The Kier molecular flexibility index (Phi) is 5.42. The second kappa shape index (κ2) is 7.31. The first-order valence-corrected chi connectivity index (χ1v) is 7.09. The van der Waals surface area contributed by atoms with E-state index in [-0.39, 0.29) is 0 Å². The van der Waals surface area contributed by atoms with E-state index in [0.717, 1.165) is 18.8 Å². The fraction of sp³-hybridized carbons (Fsp3) is 0.500. The molecule has 1 aromatic rings. The molecule has 0 bridgehead atoms. The Morgan fingerprint density at radius 1 is 1.37 bits per heavy atom. The Balaban J connectivity index is 1.89. The van der Waals surface area contributed by atoms with E-state index in [1.165, 1.54) is 18.5 Å². The highest BCUT2D eigenvalue weighted by Crippen LogP contribution is 2.23. The quantitative estimate of drug-likeness (QED) is 0.638. The van der Waals surface area contributed by atoms with Crippen molar-refractivity contribution in [2.24, 2.45) is 0 Å². The fourth-order valence-electron chi connectivity index (χ4n) is 2.20. The second-order valence-corrected chi connectivity index (χ2v) is 5.03. The summed E-state index contributed by atoms with van der Waals surface area (Å²) in [5, 5.41) is 6.94. The van der Waals surface area contributed by atoms with Crippen LogP contribution in [-0.2, 0) is 4.74 Å². The third-order valence-corrected chi connectivity index (χ3v) is 3.41. The molecule has 5 heteroatoms. The monoisotopic (exact) mass is 279 g/mol. The lowest BCUT2D eigenvalue weighted by atomic mass is 10.2. The highest BCUT2D eigenvalue weighted by molar-refractivity contribution is 7.80. The van der Waals surface area contributed by atoms with Crippen molar-refractivity contribution in [2.75, 3.05) is 43.6 Å². The maximum atomic E-state index is 5.24. The molecule has 0 unspecified atom stereocenters. The summed E-state index contributed by atoms with van der Waals surface area (Å²) in [7, 11) is 1.68. The van der Waals surface area contributed by atoms with Gasteiger partial charge in [-0.25, -0.2) is 0 Å². The van der Waals surface area contributed by atoms with Gasteiger partial charge in [0.25, 0.3) is 0 Å². The average molecular weight is 279 g/mol. The number of hydrogen-bond donors (Lipinski definition) is 2. The number of benzene rings is 1. The van der Waals surface area contributed by atoms with E-state index < -0.39 is 0 Å². The summed E-state index contributed by atoms with van der Waals surface area (Å²) < 4.78 is 4.97. The molecule has 104 valence electrons. The number of methoxy groups -OCH3 is 1. The minimum atomic E-state index is 0.635. The van der Waals surface area contributed by atoms with Gasteiger partial charge >= 0.3 is 0 Å². The number of hydrogen-bond acceptors (Lipinski definition) is 3. The van der Waals surface area contributed by atoms with Gasteiger partial charge in [0, 0.05) is 38.1 Å². The summed E-state index contributed by atoms with van der Waals surface area (Å²) in [6, 6.07) is 8.39. The van der Waals surface area contributed by atoms with Gasteiger partial charge in [-0.1, -0.05) is 6.07 Å². The largest absolute Gasteiger partial charge is 0.383 e. The highest BCUT2D eigenvalue weighted by Gasteiger charge is 2.12. The molecule has 0 aliphatic carbocycles. The summed E-state index contributed by atoms with van der Waals surface area (Å²) in [5.74, 6) is 0. The standard InChI is InChI=1S/C14H21N3OS/c1-18-10-7-15-14(19)16-12-5-4-6-13(11-12)17-8-2-3-9-17/h4-6,11H,2-3,7-10H2,1H3,(H2,15,16,19). The molecule has 4 nitrogen and oxygen atoms in total. The van der Waals surface area contributed by atoms with Crippen LogP contribution in [0.15, 0.2) is 24.3 Å². The molecular weight excluding hydrogens is 258 g/mol. The normalized spacial score (nSPS) is 14.5. The van der Waals surface area contributed by atoms with Crippen LogP contribution in [-0.4, -0.2) is 38.5 Å². The number of nitrogens with zero attached hydrogens (tertiary/aromatic N) is 1. The van der Waals surface area contributed by atoms with Crippen molar-refractivity contribution in [3.63, 3.8) is 0 Å². The minimum absolute atomic E-state index is 0.635. The van der Waals surface area contributed by atoms with Crippen LogP contribution in [0.25, 0.3) is 0 Å². The van der Waals surface area contributed by atoms with Crippen molar-refractivity contribution in [1.29, 1.82) is 0 Å². The number of nitrogens with one attached hydrogen (secondary N) is 2. The minimum Gasteiger partial charge on any atom is -0.383 e. The maximum Gasteiger partial charge on any atom is 0.170 e. The molecule has 0 aromatic heterocycles. The molecule has 0 amide bonds. The zero-order valence-electron chi connectivity index (χ0n) is 11.3. The van der Waals surface area contributed by atoms with Gasteiger partial charge in [-0.15, -0.1) is 0 Å². The highest BCUT2D eigenvalue weighted by atomic mass is 32.1. The summed E-state index contributed by atoms with van der Waals surface area (Å²) in [6.07, 6.45) is 2.57. The molecular formula is C14H21N3OS. The topological polar surface area (TPSA) is 36.5 Å². The molecule has 0 spiro atoms. The van der Waals surface area contributed by atoms with Gasteiger partial charge in [0.2, 0.25) is 0 Å². The smallest absolute Gasteiger partial charge is 0.170 e. The molecule has 1 aliphatic rings. The van der Waals surface area contributed by atoms with Gasteiger partial charge in [0.15, 0.2) is 5.11 Å². The third-order valence-electron chi connectivity index (χ3n) is 3.17. The maximum absolute atomic E-state index is 5.24. The molecule has 1 fully saturated rings. The molecule has 0 atom stereocenters. The molecule has 1 aliphatic heterocycles. The Morgan fingerprint density at radius 3 is 2.89 bits per heavy atom. The predicted octanol–water partition coefficient (Wildman–Crippen LogP) is 2.22. The van der Waals surface area contributed by atoms with Crippen LogP contribution < -0.4 is 15.5 Å². The summed E-state index contributed by atoms with van der Waals surface area (Å²) in [4.78, 5) is 2.41. The zero-order chi connectivity index (χ0) is 13.5. The Morgan fingerprint density at radius 2 is 2.16 bits per heavy atom. The Bertz CT molecular complexity index is 419. The first-order valence-electron chi connectivity index (χ1n) is 6.68. The van der Waals surface area contributed by atoms with Crippen LogP contribution in [0.2, 0.25) is 0 Å². The van der Waals surface area contributed by atoms with E-state index in [9.17, 15) is 0 Å². The van der Waals surface area contributed by atoms with Gasteiger partial charge < -0.3 is 20.3 Å². The van der Waals surface area contributed by atoms with Gasteiger partial charge in [0.05, 0.1) is 6.61 Å². The second-order valence-electron chi connectivity index (χ2n) is 4.62. The van der Waals surface area contributed by atoms with E-state index >= 15 is 0 Å². The summed E-state index contributed by atoms with van der Waals surface area (Å²) >= 11 is 5.24. The molecule has 0 saturated carbocycles. The van der Waals surface area contributed by atoms with Gasteiger partial charge in [0.1, 0.15) is 0 Å². The van der Waals surface area contributed by atoms with Crippen LogP contribution in [0.4, 0.5) is 11.4 Å². The molecule has 2 rings (SSSR count). The van der Waals surface area contributed by atoms with Crippen molar-refractivity contribution in [1.82, 2.24) is 5.32 Å². The van der Waals surface area contributed by atoms with Crippen LogP contribution in [0.5, 0.6) is 0 Å². The van der Waals surface area contributed by atoms with Crippen LogP contribution in [0.3, 0.4) is 0 Å². The van der Waals surface area contributed by atoms with E-state index in [0.29, 0.717) is 18.3 Å². The third kappa shape index (κ3) is 4.36. The number of thiocarbonyl (C=S) groups is 1. The van der Waals surface area contributed by atoms with Crippen LogP contribution in [0, 0.1) is 0 Å². The predicted molar refractivity (Wildman–Crippen MR) is 84.0 cm³/mol. The number of ether oxygens (including phenoxy) is 1. The first-order chi connectivity index (χ1) is 9.29. The Hall–Kier alpha value is -1.33. The van der Waals surface area contributed by atoms with Gasteiger partial charge in [-0.2, -0.15) is 0 Å². The zero-order valence-corrected chi connectivity index (χ0v) is 12.1. The van der Waals surface area contributed by atoms with Crippen molar-refractivity contribution < 1.29 is 4.74 Å². The lowest BCUT2D eigenvalue weighted by Gasteiger charge is -2.19. The summed E-state index contributed by atoms with van der Waals surface area (Å²) in [5.41, 5.74) is 2.29. The van der Waals surface area contributed by atoms with Crippen LogP contribution in [0.1, 0.15) is 12.8 Å². The van der Waals surface area contributed by atoms with Crippen LogP contribution >= 0.6 is 12.2 Å². The van der Waals surface area contributed by atoms with Gasteiger partial charge in [-0.05, 0) is 43.3 Å². The molecule has 1 saturated heterocycles. The van der Waals surface area contributed by atoms with E-state index in [4.69, 9.17) is 17.0 Å². The number of anilines is 2. The van der Waals surface area contributed by atoms with Crippen molar-refractivity contribution in [2.45, 2.75) is 12.8 Å². The van der Waals surface area contributed by atoms with Crippen molar-refractivity contribution >= 4 is 28.7 Å². The van der Waals surface area contributed by atoms with E-state index in [1.807, 2.05) is 6.07 Å². The number of rotatable bonds is 5. The van der Waals surface area contributed by atoms with Crippen molar-refractivity contribution in [3.8, 4) is 0 Å². The molecule has 1 heterocycles. The van der Waals surface area contributed by atoms with E-state index in [1.54, 1.807) is 7.11 Å².